The molecule has 3 rings (SSSR count). The van der Waals surface area contributed by atoms with Crippen LogP contribution in [0.2, 0.25) is 0 Å². The van der Waals surface area contributed by atoms with Crippen molar-refractivity contribution in [3.63, 3.8) is 0 Å². The molecule has 0 saturated heterocycles. The van der Waals surface area contributed by atoms with Crippen molar-refractivity contribution in [2.24, 2.45) is 16.7 Å². The van der Waals surface area contributed by atoms with Crippen molar-refractivity contribution in [1.29, 1.82) is 0 Å². The van der Waals surface area contributed by atoms with E-state index in [1.165, 1.54) is 0 Å². The summed E-state index contributed by atoms with van der Waals surface area (Å²) in [5.41, 5.74) is -0.710. The second-order valence-electron chi connectivity index (χ2n) is 4.38. The molecule has 0 aromatic carbocycles. The highest BCUT2D eigenvalue weighted by atomic mass is 19.3. The van der Waals surface area contributed by atoms with Gasteiger partial charge >= 0.3 is 0 Å². The lowest BCUT2D eigenvalue weighted by Gasteiger charge is -1.92. The van der Waals surface area contributed by atoms with E-state index in [4.69, 9.17) is 5.11 Å². The normalized spacial score (nSPS) is 61.9. The van der Waals surface area contributed by atoms with Crippen molar-refractivity contribution in [1.82, 2.24) is 0 Å². The van der Waals surface area contributed by atoms with Crippen molar-refractivity contribution < 1.29 is 13.9 Å². The molecular weight excluding hydrogens is 150 g/mol. The van der Waals surface area contributed by atoms with E-state index in [9.17, 15) is 8.78 Å². The van der Waals surface area contributed by atoms with Crippen LogP contribution in [0.5, 0.6) is 0 Å². The highest BCUT2D eigenvalue weighted by molar-refractivity contribution is 5.39. The van der Waals surface area contributed by atoms with Crippen LogP contribution in [0.25, 0.3) is 0 Å². The monoisotopic (exact) mass is 160 g/mol. The van der Waals surface area contributed by atoms with E-state index < -0.39 is 11.3 Å². The third-order valence-electron chi connectivity index (χ3n) is 4.00. The van der Waals surface area contributed by atoms with Crippen molar-refractivity contribution in [3.8, 4) is 0 Å². The number of aliphatic hydroxyl groups is 1. The maximum absolute atomic E-state index is 12.7. The molecule has 2 spiro atoms. The third kappa shape index (κ3) is 0.443. The van der Waals surface area contributed by atoms with E-state index in [2.05, 4.69) is 0 Å². The molecule has 1 N–H and O–H groups in total. The summed E-state index contributed by atoms with van der Waals surface area (Å²) in [6, 6.07) is 0. The summed E-state index contributed by atoms with van der Waals surface area (Å²) in [6.45, 7) is 0.109. The minimum atomic E-state index is -2.38. The van der Waals surface area contributed by atoms with Gasteiger partial charge in [-0.3, -0.25) is 0 Å². The molecule has 3 aliphatic carbocycles. The largest absolute Gasteiger partial charge is 0.396 e. The number of fused-ring (bicyclic) bond motifs is 1. The lowest BCUT2D eigenvalue weighted by molar-refractivity contribution is 0.0864. The van der Waals surface area contributed by atoms with Crippen LogP contribution in [0, 0.1) is 16.7 Å². The molecule has 0 aliphatic heterocycles. The van der Waals surface area contributed by atoms with Crippen LogP contribution in [0.4, 0.5) is 8.78 Å². The fraction of sp³-hybridized carbons (Fsp3) is 1.00. The summed E-state index contributed by atoms with van der Waals surface area (Å²) in [5, 5.41) is 8.77. The maximum Gasteiger partial charge on any atom is 0.255 e. The molecule has 3 fully saturated rings. The molecular formula is C8H10F2O. The predicted octanol–water partition coefficient (Wildman–Crippen LogP) is 1.41. The fourth-order valence-corrected chi connectivity index (χ4v) is 2.98. The summed E-state index contributed by atoms with van der Waals surface area (Å²) >= 11 is 0. The van der Waals surface area contributed by atoms with Gasteiger partial charge in [0.1, 0.15) is 0 Å². The average Bonchev–Trinajstić information content (AvgIpc) is 2.77. The number of rotatable bonds is 1. The van der Waals surface area contributed by atoms with E-state index in [0.717, 1.165) is 6.42 Å². The number of aliphatic hydroxyl groups excluding tert-OH is 1. The molecule has 1 nitrogen and oxygen atoms in total. The Balaban J connectivity index is 1.82. The molecule has 3 heteroatoms. The molecule has 0 unspecified atom stereocenters. The molecule has 0 aromatic rings. The molecule has 3 atom stereocenters. The van der Waals surface area contributed by atoms with Gasteiger partial charge in [0.05, 0.1) is 0 Å². The van der Waals surface area contributed by atoms with Gasteiger partial charge in [-0.25, -0.2) is 8.78 Å². The van der Waals surface area contributed by atoms with E-state index in [0.29, 0.717) is 6.42 Å². The number of hydrogen-bond donors (Lipinski definition) is 1. The molecule has 62 valence electrons. The molecule has 0 bridgehead atoms. The van der Waals surface area contributed by atoms with Gasteiger partial charge in [-0.15, -0.1) is 0 Å². The third-order valence-corrected chi connectivity index (χ3v) is 4.00. The molecule has 0 radical (unpaired) electrons. The smallest absolute Gasteiger partial charge is 0.255 e. The van der Waals surface area contributed by atoms with Gasteiger partial charge in [-0.1, -0.05) is 0 Å². The van der Waals surface area contributed by atoms with Gasteiger partial charge in [0.25, 0.3) is 5.92 Å². The zero-order valence-corrected chi connectivity index (χ0v) is 6.11. The molecule has 0 heterocycles. The van der Waals surface area contributed by atoms with Gasteiger partial charge < -0.3 is 5.11 Å². The quantitative estimate of drug-likeness (QED) is 0.615. The summed E-state index contributed by atoms with van der Waals surface area (Å²) < 4.78 is 25.5. The Bertz CT molecular complexity index is 240. The molecule has 3 aliphatic rings. The van der Waals surface area contributed by atoms with Crippen molar-refractivity contribution in [2.75, 3.05) is 6.61 Å². The first-order valence-corrected chi connectivity index (χ1v) is 4.07. The maximum atomic E-state index is 12.7. The molecule has 3 saturated carbocycles. The van der Waals surface area contributed by atoms with E-state index in [1.807, 2.05) is 0 Å². The van der Waals surface area contributed by atoms with E-state index in [1.54, 1.807) is 0 Å². The first kappa shape index (κ1) is 6.35. The van der Waals surface area contributed by atoms with Crippen LogP contribution < -0.4 is 0 Å². The summed E-state index contributed by atoms with van der Waals surface area (Å²) in [5.74, 6) is -2.17. The Labute approximate surface area is 63.4 Å². The zero-order valence-electron chi connectivity index (χ0n) is 6.11. The van der Waals surface area contributed by atoms with E-state index >= 15 is 0 Å². The highest BCUT2D eigenvalue weighted by Crippen LogP contribution is 2.95. The second kappa shape index (κ2) is 1.24. The van der Waals surface area contributed by atoms with Crippen molar-refractivity contribution >= 4 is 0 Å². The van der Waals surface area contributed by atoms with Crippen LogP contribution in [-0.4, -0.2) is 17.6 Å². The van der Waals surface area contributed by atoms with Gasteiger partial charge in [-0.2, -0.15) is 0 Å². The van der Waals surface area contributed by atoms with Gasteiger partial charge in [0.2, 0.25) is 0 Å². The number of alkyl halides is 2. The van der Waals surface area contributed by atoms with Crippen LogP contribution >= 0.6 is 0 Å². The Morgan fingerprint density at radius 3 is 2.27 bits per heavy atom. The van der Waals surface area contributed by atoms with Crippen molar-refractivity contribution in [3.05, 3.63) is 0 Å². The van der Waals surface area contributed by atoms with E-state index in [-0.39, 0.29) is 24.4 Å². The number of halogens is 2. The standard InChI is InChI=1S/C8H10F2O/c9-8(10)4-7(8)3-6(7)1-5(6)2-11/h5,11H,1-4H2/t5-,6-,7-/m0/s1. The first-order chi connectivity index (χ1) is 5.08. The molecule has 0 amide bonds. The fourth-order valence-electron chi connectivity index (χ4n) is 2.98. The minimum absolute atomic E-state index is 0.0920. The molecule has 11 heavy (non-hydrogen) atoms. The van der Waals surface area contributed by atoms with Crippen LogP contribution in [0.15, 0.2) is 0 Å². The van der Waals surface area contributed by atoms with Gasteiger partial charge in [0, 0.05) is 18.4 Å². The highest BCUT2D eigenvalue weighted by Gasteiger charge is 2.96. The predicted molar refractivity (Wildman–Crippen MR) is 34.2 cm³/mol. The van der Waals surface area contributed by atoms with Gasteiger partial charge in [0.15, 0.2) is 0 Å². The topological polar surface area (TPSA) is 20.2 Å². The number of hydrogen-bond acceptors (Lipinski definition) is 1. The van der Waals surface area contributed by atoms with Crippen LogP contribution in [0.3, 0.4) is 0 Å². The van der Waals surface area contributed by atoms with Gasteiger partial charge in [-0.05, 0) is 24.2 Å². The second-order valence-corrected chi connectivity index (χ2v) is 4.38. The zero-order chi connectivity index (χ0) is 7.91. The molecule has 0 aromatic heterocycles. The first-order valence-electron chi connectivity index (χ1n) is 4.07. The Kier molecular flexibility index (Phi) is 0.716. The SMILES string of the molecule is OC[C@@H]1C[C@]12C[C@]21CC1(F)F. The minimum Gasteiger partial charge on any atom is -0.396 e. The van der Waals surface area contributed by atoms with Crippen LogP contribution in [-0.2, 0) is 0 Å². The Morgan fingerprint density at radius 2 is 2.00 bits per heavy atom. The Morgan fingerprint density at radius 1 is 1.36 bits per heavy atom. The lowest BCUT2D eigenvalue weighted by atomic mass is 10.2. The summed E-state index contributed by atoms with van der Waals surface area (Å²) in [7, 11) is 0. The lowest BCUT2D eigenvalue weighted by Crippen LogP contribution is -1.98. The van der Waals surface area contributed by atoms with Crippen LogP contribution in [0.1, 0.15) is 19.3 Å². The summed E-state index contributed by atoms with van der Waals surface area (Å²) in [4.78, 5) is 0. The van der Waals surface area contributed by atoms with Crippen molar-refractivity contribution in [2.45, 2.75) is 25.2 Å². The summed E-state index contributed by atoms with van der Waals surface area (Å²) in [6.07, 6.45) is 1.62. The Hall–Kier alpha value is -0.180. The average molecular weight is 160 g/mol.